The van der Waals surface area contributed by atoms with E-state index < -0.39 is 4.92 Å². The van der Waals surface area contributed by atoms with Crippen LogP contribution in [-0.4, -0.2) is 39.6 Å². The van der Waals surface area contributed by atoms with Gasteiger partial charge >= 0.3 is 5.69 Å². The lowest BCUT2D eigenvalue weighted by atomic mass is 10.2. The van der Waals surface area contributed by atoms with Gasteiger partial charge in [-0.2, -0.15) is 5.10 Å². The van der Waals surface area contributed by atoms with Crippen molar-refractivity contribution in [2.24, 2.45) is 0 Å². The molecule has 0 N–H and O–H groups in total. The number of carbonyl (C=O) groups excluding carboxylic acids is 1. The smallest absolute Gasteiger partial charge is 0.313 e. The molecule has 1 amide bonds. The molecule has 0 aliphatic heterocycles. The van der Waals surface area contributed by atoms with Gasteiger partial charge < -0.3 is 4.90 Å². The Kier molecular flexibility index (Phi) is 3.71. The second-order valence-corrected chi connectivity index (χ2v) is 4.62. The second kappa shape index (κ2) is 5.30. The van der Waals surface area contributed by atoms with Gasteiger partial charge in [0.05, 0.1) is 4.92 Å². The molecule has 0 fully saturated rings. The normalized spacial score (nSPS) is 10.3. The lowest BCUT2D eigenvalue weighted by molar-refractivity contribution is -0.384. The average Bonchev–Trinajstić information content (AvgIpc) is 2.86. The summed E-state index contributed by atoms with van der Waals surface area (Å²) in [7, 11) is 3.20. The summed E-state index contributed by atoms with van der Waals surface area (Å²) in [5, 5.41) is 15.1. The molecule has 0 atom stereocenters. The first-order valence-electron chi connectivity index (χ1n) is 5.62. The molecule has 0 radical (unpaired) electrons. The summed E-state index contributed by atoms with van der Waals surface area (Å²) in [6, 6.07) is 6.02. The summed E-state index contributed by atoms with van der Waals surface area (Å²) < 4.78 is 1.26. The van der Waals surface area contributed by atoms with Crippen LogP contribution in [0.5, 0.6) is 0 Å². The van der Waals surface area contributed by atoms with Crippen LogP contribution in [0.2, 0.25) is 5.02 Å². The van der Waals surface area contributed by atoms with Gasteiger partial charge in [-0.3, -0.25) is 14.9 Å². The number of amides is 1. The molecule has 104 valence electrons. The standard InChI is InChI=1S/C12H11ClN4O3/c1-15(2)12(18)9-6-7-16(14-9)10-5-3-4-8(13)11(10)17(19)20/h3-7H,1-2H3. The van der Waals surface area contributed by atoms with Crippen molar-refractivity contribution < 1.29 is 9.72 Å². The maximum absolute atomic E-state index is 11.8. The van der Waals surface area contributed by atoms with Gasteiger partial charge in [0.25, 0.3) is 5.91 Å². The van der Waals surface area contributed by atoms with Gasteiger partial charge in [0.15, 0.2) is 5.69 Å². The Hall–Kier alpha value is -2.41. The third-order valence-electron chi connectivity index (χ3n) is 2.61. The quantitative estimate of drug-likeness (QED) is 0.641. The summed E-state index contributed by atoms with van der Waals surface area (Å²) in [6.45, 7) is 0. The minimum absolute atomic E-state index is 0.0171. The lowest BCUT2D eigenvalue weighted by Gasteiger charge is -2.07. The van der Waals surface area contributed by atoms with Gasteiger partial charge in [0.2, 0.25) is 0 Å². The Bertz CT molecular complexity index is 681. The highest BCUT2D eigenvalue weighted by molar-refractivity contribution is 6.33. The molecule has 2 rings (SSSR count). The fourth-order valence-corrected chi connectivity index (χ4v) is 1.91. The maximum Gasteiger partial charge on any atom is 0.313 e. The molecule has 0 unspecified atom stereocenters. The van der Waals surface area contributed by atoms with E-state index in [-0.39, 0.29) is 28.0 Å². The number of para-hydroxylation sites is 1. The van der Waals surface area contributed by atoms with E-state index in [4.69, 9.17) is 11.6 Å². The molecule has 0 aliphatic carbocycles. The highest BCUT2D eigenvalue weighted by Gasteiger charge is 2.21. The molecule has 1 heterocycles. The van der Waals surface area contributed by atoms with Crippen molar-refractivity contribution in [3.63, 3.8) is 0 Å². The first kappa shape index (κ1) is 14.0. The minimum atomic E-state index is -0.577. The van der Waals surface area contributed by atoms with Crippen LogP contribution in [0.25, 0.3) is 5.69 Å². The highest BCUT2D eigenvalue weighted by Crippen LogP contribution is 2.30. The summed E-state index contributed by atoms with van der Waals surface area (Å²) in [6.07, 6.45) is 1.48. The Labute approximate surface area is 119 Å². The SMILES string of the molecule is CN(C)C(=O)c1ccn(-c2cccc(Cl)c2[N+](=O)[O-])n1. The van der Waals surface area contributed by atoms with Crippen molar-refractivity contribution in [1.29, 1.82) is 0 Å². The van der Waals surface area contributed by atoms with Gasteiger partial charge in [-0.15, -0.1) is 0 Å². The summed E-state index contributed by atoms with van der Waals surface area (Å²) in [4.78, 5) is 23.6. The van der Waals surface area contributed by atoms with Crippen molar-refractivity contribution in [2.75, 3.05) is 14.1 Å². The van der Waals surface area contributed by atoms with Crippen molar-refractivity contribution in [3.8, 4) is 5.69 Å². The largest absolute Gasteiger partial charge is 0.343 e. The summed E-state index contributed by atoms with van der Waals surface area (Å²) in [5.74, 6) is -0.284. The molecule has 20 heavy (non-hydrogen) atoms. The van der Waals surface area contributed by atoms with E-state index in [1.54, 1.807) is 20.2 Å². The molecular weight excluding hydrogens is 284 g/mol. The molecule has 0 saturated heterocycles. The van der Waals surface area contributed by atoms with Crippen LogP contribution in [0.15, 0.2) is 30.5 Å². The van der Waals surface area contributed by atoms with Crippen LogP contribution >= 0.6 is 11.6 Å². The van der Waals surface area contributed by atoms with Crippen molar-refractivity contribution >= 4 is 23.2 Å². The maximum atomic E-state index is 11.8. The Morgan fingerprint density at radius 3 is 2.70 bits per heavy atom. The number of hydrogen-bond acceptors (Lipinski definition) is 4. The van der Waals surface area contributed by atoms with Gasteiger partial charge in [-0.25, -0.2) is 4.68 Å². The van der Waals surface area contributed by atoms with Gasteiger partial charge in [-0.05, 0) is 18.2 Å². The number of rotatable bonds is 3. The monoisotopic (exact) mass is 294 g/mol. The van der Waals surface area contributed by atoms with Crippen LogP contribution in [0.4, 0.5) is 5.69 Å². The Balaban J connectivity index is 2.51. The molecule has 8 heteroatoms. The highest BCUT2D eigenvalue weighted by atomic mass is 35.5. The van der Waals surface area contributed by atoms with Crippen molar-refractivity contribution in [2.45, 2.75) is 0 Å². The van der Waals surface area contributed by atoms with E-state index in [1.807, 2.05) is 0 Å². The molecule has 1 aromatic heterocycles. The number of carbonyl (C=O) groups is 1. The molecule has 0 bridgehead atoms. The molecule has 2 aromatic rings. The molecule has 0 spiro atoms. The van der Waals surface area contributed by atoms with Gasteiger partial charge in [0, 0.05) is 20.3 Å². The van der Waals surface area contributed by atoms with E-state index in [1.165, 1.54) is 34.0 Å². The zero-order valence-electron chi connectivity index (χ0n) is 10.8. The van der Waals surface area contributed by atoms with E-state index in [0.717, 1.165) is 0 Å². The van der Waals surface area contributed by atoms with Crippen LogP contribution in [0.1, 0.15) is 10.5 Å². The number of hydrogen-bond donors (Lipinski definition) is 0. The van der Waals surface area contributed by atoms with Gasteiger partial charge in [0.1, 0.15) is 10.7 Å². The topological polar surface area (TPSA) is 81.3 Å². The summed E-state index contributed by atoms with van der Waals surface area (Å²) >= 11 is 5.84. The first-order valence-corrected chi connectivity index (χ1v) is 6.00. The fourth-order valence-electron chi connectivity index (χ4n) is 1.67. The predicted molar refractivity (Wildman–Crippen MR) is 73.2 cm³/mol. The number of nitrogens with zero attached hydrogens (tertiary/aromatic N) is 4. The van der Waals surface area contributed by atoms with Crippen LogP contribution in [0, 0.1) is 10.1 Å². The number of benzene rings is 1. The minimum Gasteiger partial charge on any atom is -0.343 e. The van der Waals surface area contributed by atoms with Crippen molar-refractivity contribution in [3.05, 3.63) is 51.3 Å². The lowest BCUT2D eigenvalue weighted by Crippen LogP contribution is -2.22. The number of nitro benzene ring substituents is 1. The van der Waals surface area contributed by atoms with Crippen molar-refractivity contribution in [1.82, 2.24) is 14.7 Å². The molecule has 7 nitrogen and oxygen atoms in total. The molecule has 0 aliphatic rings. The van der Waals surface area contributed by atoms with E-state index in [2.05, 4.69) is 5.10 Å². The van der Waals surface area contributed by atoms with E-state index in [9.17, 15) is 14.9 Å². The zero-order chi connectivity index (χ0) is 14.9. The fraction of sp³-hybridized carbons (Fsp3) is 0.167. The number of aromatic nitrogens is 2. The van der Waals surface area contributed by atoms with E-state index >= 15 is 0 Å². The van der Waals surface area contributed by atoms with E-state index in [0.29, 0.717) is 0 Å². The third-order valence-corrected chi connectivity index (χ3v) is 2.91. The Morgan fingerprint density at radius 2 is 2.10 bits per heavy atom. The first-order chi connectivity index (χ1) is 9.41. The predicted octanol–water partition coefficient (Wildman–Crippen LogP) is 2.14. The Morgan fingerprint density at radius 1 is 1.40 bits per heavy atom. The van der Waals surface area contributed by atoms with Crippen LogP contribution in [-0.2, 0) is 0 Å². The zero-order valence-corrected chi connectivity index (χ0v) is 11.5. The summed E-state index contributed by atoms with van der Waals surface area (Å²) in [5.41, 5.74) is 0.158. The number of halogens is 1. The third kappa shape index (κ3) is 2.48. The number of nitro groups is 1. The molecule has 1 aromatic carbocycles. The van der Waals surface area contributed by atoms with Gasteiger partial charge in [-0.1, -0.05) is 17.7 Å². The molecular formula is C12H11ClN4O3. The average molecular weight is 295 g/mol. The van der Waals surface area contributed by atoms with Crippen LogP contribution in [0.3, 0.4) is 0 Å². The van der Waals surface area contributed by atoms with Crippen LogP contribution < -0.4 is 0 Å². The second-order valence-electron chi connectivity index (χ2n) is 4.21. The molecule has 0 saturated carbocycles.